The molecule has 12 heteroatoms. The quantitative estimate of drug-likeness (QED) is 0.374. The molecule has 180 valence electrons. The lowest BCUT2D eigenvalue weighted by atomic mass is 10.0. The zero-order valence-electron chi connectivity index (χ0n) is 18.0. The van der Waals surface area contributed by atoms with Gasteiger partial charge in [0.05, 0.1) is 22.5 Å². The summed E-state index contributed by atoms with van der Waals surface area (Å²) in [5.74, 6) is -3.73. The Balaban J connectivity index is 2.17. The van der Waals surface area contributed by atoms with Crippen molar-refractivity contribution in [2.24, 2.45) is 5.92 Å². The number of amides is 3. The molecule has 1 aliphatic rings. The zero-order chi connectivity index (χ0) is 24.9. The normalized spacial score (nSPS) is 17.4. The average Bonchev–Trinajstić information content (AvgIpc) is 3.23. The van der Waals surface area contributed by atoms with Crippen molar-refractivity contribution in [3.05, 3.63) is 27.7 Å². The number of carboxylic acid groups (broad SMARTS) is 1. The number of carbonyl (C=O) groups is 5. The molecule has 2 rings (SSSR count). The van der Waals surface area contributed by atoms with Crippen LogP contribution in [0.4, 0.5) is 0 Å². The smallest absolute Gasteiger partial charge is 0.305 e. The van der Waals surface area contributed by atoms with Crippen LogP contribution in [0.25, 0.3) is 0 Å². The number of aldehydes is 1. The monoisotopic (exact) mass is 501 g/mol. The number of hydrogen-bond acceptors (Lipinski definition) is 6. The second-order valence-corrected chi connectivity index (χ2v) is 8.84. The van der Waals surface area contributed by atoms with Crippen LogP contribution in [0.1, 0.15) is 43.5 Å². The number of aliphatic carboxylic acids is 1. The molecule has 1 fully saturated rings. The minimum atomic E-state index is -1.25. The summed E-state index contributed by atoms with van der Waals surface area (Å²) in [4.78, 5) is 61.9. The summed E-state index contributed by atoms with van der Waals surface area (Å²) >= 11 is 11.7. The Morgan fingerprint density at radius 3 is 2.30 bits per heavy atom. The first-order valence-corrected chi connectivity index (χ1v) is 11.0. The maximum absolute atomic E-state index is 13.3. The standard InChI is InChI=1S/C21H25Cl2N3O7/c1-10(2)17(25-19(31)11-6-13(22)18(30)14(23)7-11)21(33)26-5-3-4-15(26)20(32)24-12(9-27)8-16(28)29/h6-7,9-10,12,15,17,30H,3-5,8H2,1-2H3,(H,24,32)(H,25,31)(H,28,29)/t12-,15-,17-/m0/s1. The minimum Gasteiger partial charge on any atom is -0.505 e. The van der Waals surface area contributed by atoms with Gasteiger partial charge in [0.1, 0.15) is 18.4 Å². The highest BCUT2D eigenvalue weighted by molar-refractivity contribution is 6.37. The van der Waals surface area contributed by atoms with Crippen LogP contribution in [0, 0.1) is 5.92 Å². The van der Waals surface area contributed by atoms with E-state index in [1.165, 1.54) is 17.0 Å². The van der Waals surface area contributed by atoms with Crippen molar-refractivity contribution in [2.75, 3.05) is 6.54 Å². The van der Waals surface area contributed by atoms with Crippen molar-refractivity contribution in [1.82, 2.24) is 15.5 Å². The molecule has 0 bridgehead atoms. The fourth-order valence-electron chi connectivity index (χ4n) is 3.52. The lowest BCUT2D eigenvalue weighted by Crippen LogP contribution is -2.56. The van der Waals surface area contributed by atoms with E-state index in [1.54, 1.807) is 13.8 Å². The molecule has 0 aliphatic carbocycles. The fourth-order valence-corrected chi connectivity index (χ4v) is 4.00. The van der Waals surface area contributed by atoms with E-state index in [9.17, 15) is 29.1 Å². The highest BCUT2D eigenvalue weighted by Crippen LogP contribution is 2.32. The zero-order valence-corrected chi connectivity index (χ0v) is 19.5. The van der Waals surface area contributed by atoms with Gasteiger partial charge in [0.15, 0.2) is 5.75 Å². The molecule has 1 aromatic rings. The Kier molecular flexibility index (Phi) is 9.07. The summed E-state index contributed by atoms with van der Waals surface area (Å²) < 4.78 is 0. The number of nitrogens with one attached hydrogen (secondary N) is 2. The molecule has 33 heavy (non-hydrogen) atoms. The predicted octanol–water partition coefficient (Wildman–Crippen LogP) is 1.60. The van der Waals surface area contributed by atoms with Gasteiger partial charge >= 0.3 is 5.97 Å². The van der Waals surface area contributed by atoms with Gasteiger partial charge < -0.3 is 30.5 Å². The lowest BCUT2D eigenvalue weighted by molar-refractivity contribution is -0.142. The van der Waals surface area contributed by atoms with Crippen molar-refractivity contribution in [3.8, 4) is 5.75 Å². The molecule has 1 saturated heterocycles. The molecule has 0 saturated carbocycles. The second-order valence-electron chi connectivity index (χ2n) is 8.02. The SMILES string of the molecule is CC(C)[C@H](NC(=O)c1cc(Cl)c(O)c(Cl)c1)C(=O)N1CCC[C@H]1C(=O)N[C@H](C=O)CC(=O)O. The molecule has 0 radical (unpaired) electrons. The molecule has 1 aromatic carbocycles. The van der Waals surface area contributed by atoms with E-state index in [2.05, 4.69) is 10.6 Å². The van der Waals surface area contributed by atoms with Crippen molar-refractivity contribution < 1.29 is 34.2 Å². The van der Waals surface area contributed by atoms with E-state index < -0.39 is 48.2 Å². The number of phenols is 1. The van der Waals surface area contributed by atoms with E-state index in [4.69, 9.17) is 28.3 Å². The summed E-state index contributed by atoms with van der Waals surface area (Å²) in [5, 5.41) is 23.3. The van der Waals surface area contributed by atoms with Crippen molar-refractivity contribution in [2.45, 2.75) is 51.2 Å². The number of benzene rings is 1. The summed E-state index contributed by atoms with van der Waals surface area (Å²) in [5.41, 5.74) is 0.0412. The van der Waals surface area contributed by atoms with Gasteiger partial charge in [0, 0.05) is 12.1 Å². The first kappa shape index (κ1) is 26.4. The highest BCUT2D eigenvalue weighted by atomic mass is 35.5. The van der Waals surface area contributed by atoms with Crippen LogP contribution in [0.3, 0.4) is 0 Å². The van der Waals surface area contributed by atoms with Crippen LogP contribution in [0.2, 0.25) is 10.0 Å². The predicted molar refractivity (Wildman–Crippen MR) is 119 cm³/mol. The van der Waals surface area contributed by atoms with Crippen LogP contribution in [-0.2, 0) is 19.2 Å². The van der Waals surface area contributed by atoms with Gasteiger partial charge in [-0.3, -0.25) is 19.2 Å². The molecule has 3 atom stereocenters. The van der Waals surface area contributed by atoms with Crippen LogP contribution in [-0.4, -0.2) is 69.8 Å². The number of phenolic OH excluding ortho intramolecular Hbond substituents is 1. The Hall–Kier alpha value is -2.85. The van der Waals surface area contributed by atoms with Crippen LogP contribution in [0.15, 0.2) is 12.1 Å². The van der Waals surface area contributed by atoms with Gasteiger partial charge in [-0.25, -0.2) is 0 Å². The molecule has 3 amide bonds. The number of aromatic hydroxyl groups is 1. The summed E-state index contributed by atoms with van der Waals surface area (Å²) in [6.07, 6.45) is 0.616. The molecule has 0 spiro atoms. The van der Waals surface area contributed by atoms with Gasteiger partial charge in [0.2, 0.25) is 11.8 Å². The largest absolute Gasteiger partial charge is 0.505 e. The number of likely N-dealkylation sites (tertiary alicyclic amines) is 1. The molecule has 1 heterocycles. The van der Waals surface area contributed by atoms with E-state index in [0.29, 0.717) is 19.1 Å². The maximum atomic E-state index is 13.3. The number of nitrogens with zero attached hydrogens (tertiary/aromatic N) is 1. The van der Waals surface area contributed by atoms with Crippen molar-refractivity contribution in [1.29, 1.82) is 0 Å². The minimum absolute atomic E-state index is 0.0412. The topological polar surface area (TPSA) is 153 Å². The van der Waals surface area contributed by atoms with Crippen LogP contribution < -0.4 is 10.6 Å². The summed E-state index contributed by atoms with van der Waals surface area (Å²) in [6, 6.07) is -0.665. The molecule has 1 aliphatic heterocycles. The molecule has 0 unspecified atom stereocenters. The third-order valence-corrected chi connectivity index (χ3v) is 5.80. The molecule has 4 N–H and O–H groups in total. The molecular weight excluding hydrogens is 477 g/mol. The third-order valence-electron chi connectivity index (χ3n) is 5.22. The second kappa shape index (κ2) is 11.3. The van der Waals surface area contributed by atoms with Gasteiger partial charge in [-0.05, 0) is 30.9 Å². The first-order valence-electron chi connectivity index (χ1n) is 10.2. The number of rotatable bonds is 9. The van der Waals surface area contributed by atoms with Gasteiger partial charge in [-0.15, -0.1) is 0 Å². The third kappa shape index (κ3) is 6.58. The number of carbonyl (C=O) groups excluding carboxylic acids is 4. The number of hydrogen-bond donors (Lipinski definition) is 4. The van der Waals surface area contributed by atoms with Crippen LogP contribution in [0.5, 0.6) is 5.75 Å². The molecule has 0 aromatic heterocycles. The Morgan fingerprint density at radius 1 is 1.18 bits per heavy atom. The fraction of sp³-hybridized carbons (Fsp3) is 0.476. The maximum Gasteiger partial charge on any atom is 0.305 e. The van der Waals surface area contributed by atoms with E-state index in [0.717, 1.165) is 0 Å². The van der Waals surface area contributed by atoms with Gasteiger partial charge in [0.25, 0.3) is 5.91 Å². The highest BCUT2D eigenvalue weighted by Gasteiger charge is 2.39. The van der Waals surface area contributed by atoms with Gasteiger partial charge in [-0.1, -0.05) is 37.0 Å². The first-order chi connectivity index (χ1) is 15.5. The molecule has 10 nitrogen and oxygen atoms in total. The van der Waals surface area contributed by atoms with E-state index >= 15 is 0 Å². The average molecular weight is 502 g/mol. The number of halogens is 2. The Labute approximate surface area is 200 Å². The van der Waals surface area contributed by atoms with Gasteiger partial charge in [-0.2, -0.15) is 0 Å². The summed E-state index contributed by atoms with van der Waals surface area (Å²) in [6.45, 7) is 3.71. The van der Waals surface area contributed by atoms with E-state index in [1.807, 2.05) is 0 Å². The molecular formula is C21H25Cl2N3O7. The van der Waals surface area contributed by atoms with Crippen molar-refractivity contribution >= 4 is 53.2 Å². The van der Waals surface area contributed by atoms with Crippen LogP contribution >= 0.6 is 23.2 Å². The van der Waals surface area contributed by atoms with E-state index in [-0.39, 0.29) is 33.8 Å². The Morgan fingerprint density at radius 2 is 1.79 bits per heavy atom. The van der Waals surface area contributed by atoms with Crippen molar-refractivity contribution in [3.63, 3.8) is 0 Å². The lowest BCUT2D eigenvalue weighted by Gasteiger charge is -2.31. The summed E-state index contributed by atoms with van der Waals surface area (Å²) in [7, 11) is 0. The number of carboxylic acids is 1. The Bertz CT molecular complexity index is 931.